The van der Waals surface area contributed by atoms with Crippen molar-refractivity contribution < 1.29 is 9.50 Å². The predicted molar refractivity (Wildman–Crippen MR) is 140 cm³/mol. The second-order valence-electron chi connectivity index (χ2n) is 10.0. The highest BCUT2D eigenvalue weighted by molar-refractivity contribution is 5.74. The van der Waals surface area contributed by atoms with Gasteiger partial charge < -0.3 is 26.0 Å². The molecular weight excluding hydrogens is 457 g/mol. The molecule has 2 atom stereocenters. The van der Waals surface area contributed by atoms with Gasteiger partial charge in [0, 0.05) is 74.7 Å². The molecule has 3 aliphatic rings. The molecule has 4 N–H and O–H groups in total. The molecule has 8 nitrogen and oxygen atoms in total. The first-order valence-corrected chi connectivity index (χ1v) is 12.7. The largest absolute Gasteiger partial charge is 0.507 e. The molecule has 2 aromatic carbocycles. The summed E-state index contributed by atoms with van der Waals surface area (Å²) in [6.45, 7) is 6.03. The quantitative estimate of drug-likeness (QED) is 0.504. The van der Waals surface area contributed by atoms with E-state index in [1.807, 2.05) is 24.3 Å². The van der Waals surface area contributed by atoms with Gasteiger partial charge in [0.2, 0.25) is 0 Å². The molecule has 6 rings (SSSR count). The standard InChI is InChI=1S/C27H32FN7O/c28-23-8-7-19(13-18(23)15-33-11-9-30-10-12-33)35-20-5-6-21(35)17-34(16-20)25-14-24(31-32-27(25)29)22-3-1-2-4-26(22)36/h1-4,7-8,13-14,20-21,30,36H,5-6,9-12,15-17H2,(H2,29,32). The van der Waals surface area contributed by atoms with Crippen LogP contribution in [0.3, 0.4) is 0 Å². The third-order valence-electron chi connectivity index (χ3n) is 7.74. The first kappa shape index (κ1) is 23.0. The van der Waals surface area contributed by atoms with Crippen molar-refractivity contribution in [3.63, 3.8) is 0 Å². The van der Waals surface area contributed by atoms with Crippen molar-refractivity contribution >= 4 is 17.2 Å². The fourth-order valence-corrected chi connectivity index (χ4v) is 5.94. The number of phenols is 1. The van der Waals surface area contributed by atoms with E-state index in [2.05, 4.69) is 36.3 Å². The third-order valence-corrected chi connectivity index (χ3v) is 7.74. The minimum absolute atomic E-state index is 0.129. The number of rotatable bonds is 5. The number of fused-ring (bicyclic) bond motifs is 2. The number of aromatic hydroxyl groups is 1. The number of anilines is 3. The zero-order valence-corrected chi connectivity index (χ0v) is 20.3. The Balaban J connectivity index is 1.23. The number of nitrogens with zero attached hydrogens (tertiary/aromatic N) is 5. The highest BCUT2D eigenvalue weighted by Gasteiger charge is 2.41. The van der Waals surface area contributed by atoms with Crippen LogP contribution in [-0.2, 0) is 6.54 Å². The monoisotopic (exact) mass is 489 g/mol. The summed E-state index contributed by atoms with van der Waals surface area (Å²) in [5, 5.41) is 22.1. The van der Waals surface area contributed by atoms with Crippen LogP contribution in [0.5, 0.6) is 5.75 Å². The van der Waals surface area contributed by atoms with Crippen molar-refractivity contribution in [2.24, 2.45) is 0 Å². The Hall–Kier alpha value is -3.43. The first-order valence-electron chi connectivity index (χ1n) is 12.7. The first-order chi connectivity index (χ1) is 17.6. The number of nitrogen functional groups attached to an aromatic ring is 1. The van der Waals surface area contributed by atoms with Gasteiger partial charge in [-0.2, -0.15) is 0 Å². The van der Waals surface area contributed by atoms with Gasteiger partial charge in [-0.25, -0.2) is 4.39 Å². The second-order valence-corrected chi connectivity index (χ2v) is 10.0. The van der Waals surface area contributed by atoms with Gasteiger partial charge in [-0.3, -0.25) is 4.90 Å². The van der Waals surface area contributed by atoms with Crippen LogP contribution >= 0.6 is 0 Å². The lowest BCUT2D eigenvalue weighted by Gasteiger charge is -2.43. The Morgan fingerprint density at radius 1 is 1.00 bits per heavy atom. The van der Waals surface area contributed by atoms with Gasteiger partial charge in [0.15, 0.2) is 5.82 Å². The molecule has 3 aromatic rings. The van der Waals surface area contributed by atoms with Crippen LogP contribution in [0.15, 0.2) is 48.5 Å². The molecule has 9 heteroatoms. The maximum atomic E-state index is 14.7. The van der Waals surface area contributed by atoms with Crippen LogP contribution in [0, 0.1) is 5.82 Å². The van der Waals surface area contributed by atoms with Crippen LogP contribution in [0.25, 0.3) is 11.3 Å². The minimum Gasteiger partial charge on any atom is -0.507 e. The molecule has 0 spiro atoms. The molecule has 4 heterocycles. The summed E-state index contributed by atoms with van der Waals surface area (Å²) in [5.74, 6) is 0.429. The van der Waals surface area contributed by atoms with Crippen molar-refractivity contribution in [3.05, 3.63) is 59.9 Å². The number of aromatic nitrogens is 2. The normalized spacial score (nSPS) is 22.2. The number of hydrogen-bond donors (Lipinski definition) is 3. The van der Waals surface area contributed by atoms with Crippen molar-refractivity contribution in [2.75, 3.05) is 54.8 Å². The molecule has 0 radical (unpaired) electrons. The average Bonchev–Trinajstić information content (AvgIpc) is 3.16. The highest BCUT2D eigenvalue weighted by atomic mass is 19.1. The Morgan fingerprint density at radius 3 is 2.50 bits per heavy atom. The Bertz CT molecular complexity index is 1230. The molecular formula is C27H32FN7O. The molecule has 0 aliphatic carbocycles. The molecule has 36 heavy (non-hydrogen) atoms. The third kappa shape index (κ3) is 4.33. The van der Waals surface area contributed by atoms with Crippen LogP contribution in [-0.4, -0.2) is 71.6 Å². The fraction of sp³-hybridized carbons (Fsp3) is 0.407. The second kappa shape index (κ2) is 9.55. The zero-order valence-electron chi connectivity index (χ0n) is 20.3. The van der Waals surface area contributed by atoms with Gasteiger partial charge in [0.1, 0.15) is 11.6 Å². The molecule has 188 valence electrons. The van der Waals surface area contributed by atoms with Crippen molar-refractivity contribution in [1.29, 1.82) is 0 Å². The lowest BCUT2D eigenvalue weighted by atomic mass is 10.1. The lowest BCUT2D eigenvalue weighted by Crippen LogP contribution is -2.54. The van der Waals surface area contributed by atoms with Gasteiger partial charge >= 0.3 is 0 Å². The van der Waals surface area contributed by atoms with Gasteiger partial charge in [0.05, 0.1) is 11.4 Å². The summed E-state index contributed by atoms with van der Waals surface area (Å²) in [4.78, 5) is 7.08. The number of para-hydroxylation sites is 1. The fourth-order valence-electron chi connectivity index (χ4n) is 5.94. The smallest absolute Gasteiger partial charge is 0.169 e. The lowest BCUT2D eigenvalue weighted by molar-refractivity contribution is 0.230. The van der Waals surface area contributed by atoms with Crippen LogP contribution in [0.1, 0.15) is 18.4 Å². The highest BCUT2D eigenvalue weighted by Crippen LogP contribution is 2.39. The van der Waals surface area contributed by atoms with E-state index in [9.17, 15) is 9.50 Å². The van der Waals surface area contributed by atoms with E-state index >= 15 is 0 Å². The number of nitrogens with two attached hydrogens (primary N) is 1. The van der Waals surface area contributed by atoms with Crippen LogP contribution < -0.4 is 20.9 Å². The van der Waals surface area contributed by atoms with E-state index in [-0.39, 0.29) is 11.6 Å². The number of hydrogen-bond acceptors (Lipinski definition) is 8. The van der Waals surface area contributed by atoms with E-state index in [0.29, 0.717) is 35.7 Å². The predicted octanol–water partition coefficient (Wildman–Crippen LogP) is 2.83. The summed E-state index contributed by atoms with van der Waals surface area (Å²) in [6, 6.07) is 15.3. The summed E-state index contributed by atoms with van der Waals surface area (Å²) in [5.41, 5.74) is 10.2. The summed E-state index contributed by atoms with van der Waals surface area (Å²) >= 11 is 0. The SMILES string of the molecule is Nc1nnc(-c2ccccc2O)cc1N1CC2CCC(C1)N2c1ccc(F)c(CN2CCNCC2)c1. The maximum Gasteiger partial charge on any atom is 0.169 e. The van der Waals surface area contributed by atoms with Gasteiger partial charge in [-0.1, -0.05) is 12.1 Å². The Labute approximate surface area is 210 Å². The number of phenolic OH excluding ortho intramolecular Hbond substituents is 1. The maximum absolute atomic E-state index is 14.7. The van der Waals surface area contributed by atoms with Crippen molar-refractivity contribution in [2.45, 2.75) is 31.5 Å². The van der Waals surface area contributed by atoms with E-state index in [0.717, 1.165) is 69.0 Å². The molecule has 1 aromatic heterocycles. The summed E-state index contributed by atoms with van der Waals surface area (Å²) < 4.78 is 14.7. The van der Waals surface area contributed by atoms with Crippen LogP contribution in [0.4, 0.5) is 21.6 Å². The van der Waals surface area contributed by atoms with E-state index in [1.54, 1.807) is 18.2 Å². The average molecular weight is 490 g/mol. The molecule has 3 saturated heterocycles. The molecule has 0 saturated carbocycles. The van der Waals surface area contributed by atoms with Gasteiger partial charge in [-0.05, 0) is 49.2 Å². The molecule has 2 bridgehead atoms. The van der Waals surface area contributed by atoms with E-state index < -0.39 is 0 Å². The van der Waals surface area contributed by atoms with E-state index in [1.165, 1.54) is 0 Å². The number of nitrogens with one attached hydrogen (secondary N) is 1. The Morgan fingerprint density at radius 2 is 1.75 bits per heavy atom. The summed E-state index contributed by atoms with van der Waals surface area (Å²) in [6.07, 6.45) is 2.16. The topological polar surface area (TPSA) is 93.8 Å². The number of halogens is 1. The minimum atomic E-state index is -0.129. The van der Waals surface area contributed by atoms with Gasteiger partial charge in [-0.15, -0.1) is 10.2 Å². The molecule has 3 aliphatic heterocycles. The van der Waals surface area contributed by atoms with Crippen molar-refractivity contribution in [3.8, 4) is 17.0 Å². The van der Waals surface area contributed by atoms with Crippen molar-refractivity contribution in [1.82, 2.24) is 20.4 Å². The summed E-state index contributed by atoms with van der Waals surface area (Å²) in [7, 11) is 0. The number of benzene rings is 2. The van der Waals surface area contributed by atoms with Gasteiger partial charge in [0.25, 0.3) is 0 Å². The zero-order chi connectivity index (χ0) is 24.6. The molecule has 3 fully saturated rings. The molecule has 0 amide bonds. The van der Waals surface area contributed by atoms with E-state index in [4.69, 9.17) is 5.73 Å². The van der Waals surface area contributed by atoms with Crippen LogP contribution in [0.2, 0.25) is 0 Å². The Kier molecular flexibility index (Phi) is 6.10. The molecule has 2 unspecified atom stereocenters. The number of piperazine rings is 2.